The molecule has 0 aromatic heterocycles. The molecule has 20 heavy (non-hydrogen) atoms. The van der Waals surface area contributed by atoms with Crippen molar-refractivity contribution >= 4 is 23.0 Å². The van der Waals surface area contributed by atoms with Crippen molar-refractivity contribution in [3.63, 3.8) is 0 Å². The van der Waals surface area contributed by atoms with Gasteiger partial charge in [-0.3, -0.25) is 0 Å². The minimum absolute atomic E-state index is 0.156. The summed E-state index contributed by atoms with van der Waals surface area (Å²) in [6, 6.07) is 13.3. The molecule has 0 atom stereocenters. The lowest BCUT2D eigenvalue weighted by Crippen LogP contribution is -2.30. The summed E-state index contributed by atoms with van der Waals surface area (Å²) in [6.07, 6.45) is 0.814. The maximum atomic E-state index is 13.4. The molecule has 0 saturated carbocycles. The fourth-order valence-electron chi connectivity index (χ4n) is 1.72. The molecule has 0 spiro atoms. The van der Waals surface area contributed by atoms with Crippen molar-refractivity contribution in [3.8, 4) is 0 Å². The number of benzene rings is 2. The third-order valence-corrected chi connectivity index (χ3v) is 2.97. The highest BCUT2D eigenvalue weighted by atomic mass is 32.1. The van der Waals surface area contributed by atoms with Crippen LogP contribution in [0.5, 0.6) is 0 Å². The first-order chi connectivity index (χ1) is 9.65. The molecule has 104 valence electrons. The first kappa shape index (κ1) is 14.4. The second kappa shape index (κ2) is 6.96. The summed E-state index contributed by atoms with van der Waals surface area (Å²) < 4.78 is 26.2. The average Bonchev–Trinajstić information content (AvgIpc) is 2.43. The molecular weight excluding hydrogens is 278 g/mol. The molecule has 0 saturated heterocycles. The quantitative estimate of drug-likeness (QED) is 0.844. The van der Waals surface area contributed by atoms with E-state index in [9.17, 15) is 8.78 Å². The Hall–Kier alpha value is -2.01. The minimum atomic E-state index is -0.669. The molecule has 2 rings (SSSR count). The van der Waals surface area contributed by atoms with Gasteiger partial charge in [0.05, 0.1) is 5.69 Å². The van der Waals surface area contributed by atoms with Crippen LogP contribution in [-0.4, -0.2) is 11.7 Å². The van der Waals surface area contributed by atoms with Crippen molar-refractivity contribution in [1.29, 1.82) is 0 Å². The van der Waals surface area contributed by atoms with E-state index in [2.05, 4.69) is 10.6 Å². The molecule has 0 aliphatic carbocycles. The van der Waals surface area contributed by atoms with Crippen LogP contribution in [0.1, 0.15) is 5.56 Å². The predicted molar refractivity (Wildman–Crippen MR) is 80.7 cm³/mol. The molecule has 0 aliphatic rings. The zero-order valence-corrected chi connectivity index (χ0v) is 11.5. The van der Waals surface area contributed by atoms with Gasteiger partial charge in [-0.2, -0.15) is 0 Å². The number of rotatable bonds is 4. The first-order valence-electron chi connectivity index (χ1n) is 6.19. The van der Waals surface area contributed by atoms with Crippen LogP contribution >= 0.6 is 12.2 Å². The van der Waals surface area contributed by atoms with Crippen LogP contribution in [0.4, 0.5) is 14.5 Å². The molecule has 0 radical (unpaired) electrons. The number of hydrogen-bond donors (Lipinski definition) is 2. The second-order valence-corrected chi connectivity index (χ2v) is 4.65. The zero-order valence-electron chi connectivity index (χ0n) is 10.7. The summed E-state index contributed by atoms with van der Waals surface area (Å²) in [6.45, 7) is 0.638. The first-order valence-corrected chi connectivity index (χ1v) is 6.60. The third-order valence-electron chi connectivity index (χ3n) is 2.72. The Balaban J connectivity index is 1.81. The number of halogens is 2. The molecule has 0 aliphatic heterocycles. The molecule has 0 fully saturated rings. The van der Waals surface area contributed by atoms with Crippen LogP contribution in [0.2, 0.25) is 0 Å². The van der Waals surface area contributed by atoms with Gasteiger partial charge in [-0.05, 0) is 36.3 Å². The van der Waals surface area contributed by atoms with E-state index in [0.717, 1.165) is 12.5 Å². The van der Waals surface area contributed by atoms with Gasteiger partial charge in [0, 0.05) is 12.6 Å². The highest BCUT2D eigenvalue weighted by molar-refractivity contribution is 7.80. The molecule has 0 amide bonds. The van der Waals surface area contributed by atoms with Gasteiger partial charge in [-0.15, -0.1) is 0 Å². The average molecular weight is 292 g/mol. The van der Waals surface area contributed by atoms with Crippen LogP contribution in [-0.2, 0) is 6.42 Å². The van der Waals surface area contributed by atoms with Crippen molar-refractivity contribution in [2.75, 3.05) is 11.9 Å². The SMILES string of the molecule is Fc1ccc(NC(=S)NCCc2ccccc2)c(F)c1. The maximum Gasteiger partial charge on any atom is 0.170 e. The van der Waals surface area contributed by atoms with E-state index in [1.165, 1.54) is 17.7 Å². The molecule has 0 bridgehead atoms. The van der Waals surface area contributed by atoms with Crippen molar-refractivity contribution in [1.82, 2.24) is 5.32 Å². The Morgan fingerprint density at radius 1 is 1.05 bits per heavy atom. The van der Waals surface area contributed by atoms with Gasteiger partial charge in [-0.25, -0.2) is 8.78 Å². The van der Waals surface area contributed by atoms with E-state index >= 15 is 0 Å². The van der Waals surface area contributed by atoms with Crippen molar-refractivity contribution in [2.24, 2.45) is 0 Å². The third kappa shape index (κ3) is 4.28. The summed E-state index contributed by atoms with van der Waals surface area (Å²) >= 11 is 5.06. The monoisotopic (exact) mass is 292 g/mol. The molecular formula is C15H14F2N2S. The van der Waals surface area contributed by atoms with Crippen molar-refractivity contribution in [3.05, 3.63) is 65.7 Å². The number of nitrogens with one attached hydrogen (secondary N) is 2. The summed E-state index contributed by atoms with van der Waals surface area (Å²) in [5.74, 6) is -1.28. The lowest BCUT2D eigenvalue weighted by molar-refractivity contribution is 0.586. The molecule has 2 aromatic rings. The Labute approximate surface area is 121 Å². The highest BCUT2D eigenvalue weighted by Crippen LogP contribution is 2.14. The van der Waals surface area contributed by atoms with Gasteiger partial charge in [-0.1, -0.05) is 30.3 Å². The standard InChI is InChI=1S/C15H14F2N2S/c16-12-6-7-14(13(17)10-12)19-15(20)18-9-8-11-4-2-1-3-5-11/h1-7,10H,8-9H2,(H2,18,19,20). The zero-order chi connectivity index (χ0) is 14.4. The largest absolute Gasteiger partial charge is 0.362 e. The summed E-state index contributed by atoms with van der Waals surface area (Å²) in [5, 5.41) is 6.00. The molecule has 2 nitrogen and oxygen atoms in total. The number of anilines is 1. The van der Waals surface area contributed by atoms with Crippen LogP contribution in [0.25, 0.3) is 0 Å². The van der Waals surface area contributed by atoms with Crippen LogP contribution in [0, 0.1) is 11.6 Å². The number of hydrogen-bond acceptors (Lipinski definition) is 1. The van der Waals surface area contributed by atoms with E-state index in [0.29, 0.717) is 11.7 Å². The lowest BCUT2D eigenvalue weighted by Gasteiger charge is -2.11. The van der Waals surface area contributed by atoms with Gasteiger partial charge in [0.25, 0.3) is 0 Å². The summed E-state index contributed by atoms with van der Waals surface area (Å²) in [4.78, 5) is 0. The van der Waals surface area contributed by atoms with E-state index in [4.69, 9.17) is 12.2 Å². The van der Waals surface area contributed by atoms with Crippen LogP contribution in [0.3, 0.4) is 0 Å². The Morgan fingerprint density at radius 3 is 2.50 bits per heavy atom. The predicted octanol–water partition coefficient (Wildman–Crippen LogP) is 3.49. The van der Waals surface area contributed by atoms with E-state index in [1.807, 2.05) is 30.3 Å². The summed E-state index contributed by atoms with van der Waals surface area (Å²) in [7, 11) is 0. The Morgan fingerprint density at radius 2 is 1.80 bits per heavy atom. The van der Waals surface area contributed by atoms with E-state index < -0.39 is 11.6 Å². The van der Waals surface area contributed by atoms with Crippen LogP contribution < -0.4 is 10.6 Å². The van der Waals surface area contributed by atoms with E-state index in [1.54, 1.807) is 0 Å². The van der Waals surface area contributed by atoms with Gasteiger partial charge >= 0.3 is 0 Å². The van der Waals surface area contributed by atoms with Gasteiger partial charge in [0.15, 0.2) is 5.11 Å². The lowest BCUT2D eigenvalue weighted by atomic mass is 10.1. The fourth-order valence-corrected chi connectivity index (χ4v) is 1.93. The van der Waals surface area contributed by atoms with Crippen molar-refractivity contribution < 1.29 is 8.78 Å². The highest BCUT2D eigenvalue weighted by Gasteiger charge is 2.05. The second-order valence-electron chi connectivity index (χ2n) is 4.24. The molecule has 5 heteroatoms. The Bertz CT molecular complexity index is 588. The van der Waals surface area contributed by atoms with Crippen LogP contribution in [0.15, 0.2) is 48.5 Å². The molecule has 2 N–H and O–H groups in total. The smallest absolute Gasteiger partial charge is 0.170 e. The number of thiocarbonyl (C=S) groups is 1. The van der Waals surface area contributed by atoms with Gasteiger partial charge in [0.2, 0.25) is 0 Å². The minimum Gasteiger partial charge on any atom is -0.362 e. The van der Waals surface area contributed by atoms with Crippen molar-refractivity contribution in [2.45, 2.75) is 6.42 Å². The van der Waals surface area contributed by atoms with Gasteiger partial charge in [0.1, 0.15) is 11.6 Å². The molecule has 0 heterocycles. The van der Waals surface area contributed by atoms with E-state index in [-0.39, 0.29) is 5.69 Å². The molecule has 0 unspecified atom stereocenters. The normalized spacial score (nSPS) is 10.1. The van der Waals surface area contributed by atoms with Gasteiger partial charge < -0.3 is 10.6 Å². The Kier molecular flexibility index (Phi) is 5.01. The maximum absolute atomic E-state index is 13.4. The molecule has 2 aromatic carbocycles. The summed E-state index contributed by atoms with van der Waals surface area (Å²) in [5.41, 5.74) is 1.35. The topological polar surface area (TPSA) is 24.1 Å². The fraction of sp³-hybridized carbons (Fsp3) is 0.133.